The van der Waals surface area contributed by atoms with Crippen molar-refractivity contribution < 1.29 is 9.13 Å². The monoisotopic (exact) mass is 354 g/mol. The van der Waals surface area contributed by atoms with Gasteiger partial charge in [-0.2, -0.15) is 4.52 Å². The van der Waals surface area contributed by atoms with E-state index in [1.54, 1.807) is 18.2 Å². The molecule has 7 heteroatoms. The maximum absolute atomic E-state index is 13.8. The average molecular weight is 355 g/mol. The molecule has 0 aliphatic carbocycles. The van der Waals surface area contributed by atoms with Gasteiger partial charge in [0.25, 0.3) is 0 Å². The maximum atomic E-state index is 13.8. The normalized spacial score (nSPS) is 11.0. The summed E-state index contributed by atoms with van der Waals surface area (Å²) in [6.07, 6.45) is 0. The minimum Gasteiger partial charge on any atom is -0.437 e. The lowest BCUT2D eigenvalue weighted by molar-refractivity contribution is 0.452. The molecule has 0 unspecified atom stereocenters. The second-order valence-corrected chi connectivity index (χ2v) is 5.86. The quantitative estimate of drug-likeness (QED) is 0.536. The SMILES string of the molecule is Cc1ccc(-c2cc(F)ccc2Oc2ccc3nnc(Cl)n3n2)cc1. The predicted octanol–water partition coefficient (Wildman–Crippen LogP) is 4.68. The van der Waals surface area contributed by atoms with Gasteiger partial charge < -0.3 is 4.74 Å². The third kappa shape index (κ3) is 3.04. The summed E-state index contributed by atoms with van der Waals surface area (Å²) < 4.78 is 21.0. The molecular formula is C18H12ClFN4O. The predicted molar refractivity (Wildman–Crippen MR) is 92.4 cm³/mol. The summed E-state index contributed by atoms with van der Waals surface area (Å²) in [6, 6.07) is 15.5. The van der Waals surface area contributed by atoms with Crippen LogP contribution in [0.1, 0.15) is 5.56 Å². The minimum absolute atomic E-state index is 0.137. The van der Waals surface area contributed by atoms with Crippen molar-refractivity contribution in [1.82, 2.24) is 19.8 Å². The summed E-state index contributed by atoms with van der Waals surface area (Å²) in [7, 11) is 0. The number of aryl methyl sites for hydroxylation is 1. The number of hydrogen-bond donors (Lipinski definition) is 0. The number of hydrogen-bond acceptors (Lipinski definition) is 4. The molecule has 0 atom stereocenters. The van der Waals surface area contributed by atoms with Crippen molar-refractivity contribution in [2.24, 2.45) is 0 Å². The average Bonchev–Trinajstić information content (AvgIpc) is 2.98. The first kappa shape index (κ1) is 15.5. The van der Waals surface area contributed by atoms with Crippen LogP contribution >= 0.6 is 11.6 Å². The van der Waals surface area contributed by atoms with Gasteiger partial charge in [0, 0.05) is 11.6 Å². The van der Waals surface area contributed by atoms with Gasteiger partial charge in [-0.25, -0.2) is 4.39 Å². The molecule has 0 aliphatic rings. The highest BCUT2D eigenvalue weighted by Crippen LogP contribution is 2.33. The number of fused-ring (bicyclic) bond motifs is 1. The highest BCUT2D eigenvalue weighted by Gasteiger charge is 2.11. The van der Waals surface area contributed by atoms with Crippen molar-refractivity contribution in [1.29, 1.82) is 0 Å². The first-order valence-corrected chi connectivity index (χ1v) is 7.90. The van der Waals surface area contributed by atoms with E-state index in [1.807, 2.05) is 31.2 Å². The van der Waals surface area contributed by atoms with Crippen molar-refractivity contribution in [3.63, 3.8) is 0 Å². The van der Waals surface area contributed by atoms with Crippen LogP contribution in [-0.2, 0) is 0 Å². The Morgan fingerprint density at radius 3 is 2.60 bits per heavy atom. The molecule has 5 nitrogen and oxygen atoms in total. The fourth-order valence-corrected chi connectivity index (χ4v) is 2.63. The Labute approximate surface area is 147 Å². The third-order valence-corrected chi connectivity index (χ3v) is 3.95. The van der Waals surface area contributed by atoms with Gasteiger partial charge >= 0.3 is 0 Å². The molecule has 0 radical (unpaired) electrons. The van der Waals surface area contributed by atoms with Gasteiger partial charge in [0.2, 0.25) is 11.2 Å². The zero-order chi connectivity index (χ0) is 17.4. The van der Waals surface area contributed by atoms with Crippen molar-refractivity contribution >= 4 is 17.2 Å². The van der Waals surface area contributed by atoms with E-state index in [-0.39, 0.29) is 11.1 Å². The summed E-state index contributed by atoms with van der Waals surface area (Å²) in [4.78, 5) is 0. The summed E-state index contributed by atoms with van der Waals surface area (Å²) in [5.41, 5.74) is 3.12. The number of aromatic nitrogens is 4. The number of ether oxygens (including phenoxy) is 1. The lowest BCUT2D eigenvalue weighted by Gasteiger charge is -2.11. The van der Waals surface area contributed by atoms with E-state index in [2.05, 4.69) is 15.3 Å². The second kappa shape index (κ2) is 6.14. The van der Waals surface area contributed by atoms with E-state index < -0.39 is 0 Å². The molecule has 0 amide bonds. The number of nitrogens with zero attached hydrogens (tertiary/aromatic N) is 4. The minimum atomic E-state index is -0.340. The van der Waals surface area contributed by atoms with E-state index in [4.69, 9.17) is 16.3 Å². The summed E-state index contributed by atoms with van der Waals surface area (Å²) in [5, 5.41) is 12.0. The zero-order valence-electron chi connectivity index (χ0n) is 13.1. The molecule has 0 fully saturated rings. The lowest BCUT2D eigenvalue weighted by atomic mass is 10.0. The van der Waals surface area contributed by atoms with Crippen molar-refractivity contribution in [3.05, 3.63) is 71.3 Å². The van der Waals surface area contributed by atoms with Gasteiger partial charge in [-0.1, -0.05) is 29.8 Å². The topological polar surface area (TPSA) is 52.3 Å². The highest BCUT2D eigenvalue weighted by molar-refractivity contribution is 6.28. The van der Waals surface area contributed by atoms with Gasteiger partial charge in [-0.3, -0.25) is 0 Å². The Kier molecular flexibility index (Phi) is 3.82. The molecule has 4 aromatic rings. The van der Waals surface area contributed by atoms with Crippen LogP contribution in [0, 0.1) is 12.7 Å². The Morgan fingerprint density at radius 2 is 1.80 bits per heavy atom. The van der Waals surface area contributed by atoms with Crippen molar-refractivity contribution in [3.8, 4) is 22.8 Å². The molecule has 0 saturated heterocycles. The van der Waals surface area contributed by atoms with Crippen LogP contribution in [-0.4, -0.2) is 19.8 Å². The van der Waals surface area contributed by atoms with E-state index in [0.29, 0.717) is 22.8 Å². The Bertz CT molecular complexity index is 1060. The van der Waals surface area contributed by atoms with Crippen LogP contribution in [0.2, 0.25) is 5.28 Å². The Balaban J connectivity index is 1.76. The van der Waals surface area contributed by atoms with Crippen LogP contribution < -0.4 is 4.74 Å². The van der Waals surface area contributed by atoms with Crippen LogP contribution in [0.5, 0.6) is 11.6 Å². The molecule has 0 saturated carbocycles. The number of halogens is 2. The standard InChI is InChI=1S/C18H12ClFN4O/c1-11-2-4-12(5-3-11)14-10-13(20)6-7-15(14)25-17-9-8-16-21-22-18(19)24(16)23-17/h2-10H,1H3. The smallest absolute Gasteiger partial charge is 0.246 e. The fraction of sp³-hybridized carbons (Fsp3) is 0.0556. The van der Waals surface area contributed by atoms with Gasteiger partial charge in [-0.15, -0.1) is 15.3 Å². The second-order valence-electron chi connectivity index (χ2n) is 5.52. The van der Waals surface area contributed by atoms with E-state index >= 15 is 0 Å². The number of rotatable bonds is 3. The van der Waals surface area contributed by atoms with Gasteiger partial charge in [0.1, 0.15) is 11.6 Å². The summed E-state index contributed by atoms with van der Waals surface area (Å²) in [6.45, 7) is 1.99. The largest absolute Gasteiger partial charge is 0.437 e. The molecule has 4 rings (SSSR count). The van der Waals surface area contributed by atoms with Gasteiger partial charge in [0.15, 0.2) is 5.65 Å². The summed E-state index contributed by atoms with van der Waals surface area (Å²) >= 11 is 5.93. The van der Waals surface area contributed by atoms with Crippen LogP contribution in [0.3, 0.4) is 0 Å². The van der Waals surface area contributed by atoms with Gasteiger partial charge in [0.05, 0.1) is 0 Å². The molecule has 0 spiro atoms. The maximum Gasteiger partial charge on any atom is 0.246 e. The van der Waals surface area contributed by atoms with Crippen LogP contribution in [0.4, 0.5) is 4.39 Å². The first-order valence-electron chi connectivity index (χ1n) is 7.52. The van der Waals surface area contributed by atoms with E-state index in [9.17, 15) is 4.39 Å². The fourth-order valence-electron chi connectivity index (χ4n) is 2.46. The summed E-state index contributed by atoms with van der Waals surface area (Å²) in [5.74, 6) is 0.448. The molecule has 2 aromatic carbocycles. The first-order chi connectivity index (χ1) is 12.1. The molecule has 124 valence electrons. The zero-order valence-corrected chi connectivity index (χ0v) is 13.9. The van der Waals surface area contributed by atoms with E-state index in [1.165, 1.54) is 16.6 Å². The molecule has 0 aliphatic heterocycles. The molecule has 2 aromatic heterocycles. The van der Waals surface area contributed by atoms with E-state index in [0.717, 1.165) is 11.1 Å². The molecule has 0 N–H and O–H groups in total. The van der Waals surface area contributed by atoms with Crippen LogP contribution in [0.15, 0.2) is 54.6 Å². The molecular weight excluding hydrogens is 343 g/mol. The Morgan fingerprint density at radius 1 is 1.00 bits per heavy atom. The molecule has 0 bridgehead atoms. The van der Waals surface area contributed by atoms with Crippen molar-refractivity contribution in [2.45, 2.75) is 6.92 Å². The van der Waals surface area contributed by atoms with Crippen molar-refractivity contribution in [2.75, 3.05) is 0 Å². The molecule has 2 heterocycles. The lowest BCUT2D eigenvalue weighted by Crippen LogP contribution is -1.97. The van der Waals surface area contributed by atoms with Gasteiger partial charge in [-0.05, 0) is 48.4 Å². The third-order valence-electron chi connectivity index (χ3n) is 3.72. The molecule has 25 heavy (non-hydrogen) atoms. The highest BCUT2D eigenvalue weighted by atomic mass is 35.5. The Hall–Kier alpha value is -2.99. The number of benzene rings is 2. The van der Waals surface area contributed by atoms with Crippen LogP contribution in [0.25, 0.3) is 16.8 Å².